The second-order valence-corrected chi connectivity index (χ2v) is 3.40. The maximum absolute atomic E-state index is 10.8. The van der Waals surface area contributed by atoms with Crippen LogP contribution >= 0.6 is 12.6 Å². The molecule has 3 nitrogen and oxygen atoms in total. The number of thiol groups is 1. The number of hydrogen-bond donors (Lipinski definition) is 1. The van der Waals surface area contributed by atoms with Crippen molar-refractivity contribution in [3.05, 3.63) is 0 Å². The maximum Gasteiger partial charge on any atom is 0.376 e. The van der Waals surface area contributed by atoms with E-state index in [1.165, 1.54) is 0 Å². The second kappa shape index (κ2) is 3.76. The van der Waals surface area contributed by atoms with Gasteiger partial charge in [-0.3, -0.25) is 4.79 Å². The standard InChI is InChI=1S/C7H12O3S/c1-7(2,3)10-6(9)5(8)4-11/h11H,4H2,1-3H3. The molecule has 0 N–H and O–H groups in total. The van der Waals surface area contributed by atoms with Crippen LogP contribution in [0.25, 0.3) is 0 Å². The SMILES string of the molecule is CC(C)(C)OC(=O)C(=O)CS. The zero-order chi connectivity index (χ0) is 9.07. The third-order valence-corrected chi connectivity index (χ3v) is 1.06. The summed E-state index contributed by atoms with van der Waals surface area (Å²) in [6.07, 6.45) is 0. The van der Waals surface area contributed by atoms with E-state index in [0.717, 1.165) is 0 Å². The van der Waals surface area contributed by atoms with Crippen molar-refractivity contribution < 1.29 is 14.3 Å². The fraction of sp³-hybridized carbons (Fsp3) is 0.714. The number of ketones is 1. The lowest BCUT2D eigenvalue weighted by Gasteiger charge is -2.18. The lowest BCUT2D eigenvalue weighted by molar-refractivity contribution is -0.161. The molecule has 0 saturated heterocycles. The number of carbonyl (C=O) groups excluding carboxylic acids is 2. The Bertz CT molecular complexity index is 169. The van der Waals surface area contributed by atoms with E-state index in [1.807, 2.05) is 0 Å². The van der Waals surface area contributed by atoms with E-state index in [4.69, 9.17) is 4.74 Å². The van der Waals surface area contributed by atoms with Gasteiger partial charge in [-0.1, -0.05) is 0 Å². The molecule has 0 rings (SSSR count). The van der Waals surface area contributed by atoms with Gasteiger partial charge in [-0.15, -0.1) is 0 Å². The van der Waals surface area contributed by atoms with E-state index in [1.54, 1.807) is 20.8 Å². The summed E-state index contributed by atoms with van der Waals surface area (Å²) in [5.74, 6) is -1.52. The molecule has 0 aromatic rings. The van der Waals surface area contributed by atoms with Crippen LogP contribution in [-0.2, 0) is 14.3 Å². The van der Waals surface area contributed by atoms with E-state index in [0.29, 0.717) is 0 Å². The van der Waals surface area contributed by atoms with Gasteiger partial charge in [0.05, 0.1) is 5.75 Å². The first-order chi connectivity index (χ1) is 4.87. The van der Waals surface area contributed by atoms with Crippen LogP contribution in [-0.4, -0.2) is 23.1 Å². The highest BCUT2D eigenvalue weighted by Crippen LogP contribution is 2.06. The maximum atomic E-state index is 10.8. The number of rotatable bonds is 2. The fourth-order valence-corrected chi connectivity index (χ4v) is 0.529. The van der Waals surface area contributed by atoms with Gasteiger partial charge in [0.1, 0.15) is 5.60 Å². The Morgan fingerprint density at radius 3 is 2.09 bits per heavy atom. The zero-order valence-electron chi connectivity index (χ0n) is 6.88. The molecular weight excluding hydrogens is 164 g/mol. The quantitative estimate of drug-likeness (QED) is 0.385. The van der Waals surface area contributed by atoms with Crippen molar-refractivity contribution in [2.75, 3.05) is 5.75 Å². The summed E-state index contributed by atoms with van der Waals surface area (Å²) in [6, 6.07) is 0. The summed E-state index contributed by atoms with van der Waals surface area (Å²) < 4.78 is 4.75. The summed E-state index contributed by atoms with van der Waals surface area (Å²) in [5, 5.41) is 0. The molecule has 0 aliphatic carbocycles. The molecule has 0 bridgehead atoms. The Kier molecular flexibility index (Phi) is 3.58. The largest absolute Gasteiger partial charge is 0.454 e. The van der Waals surface area contributed by atoms with Crippen molar-refractivity contribution in [3.8, 4) is 0 Å². The van der Waals surface area contributed by atoms with Crippen LogP contribution in [0.4, 0.5) is 0 Å². The summed E-state index contributed by atoms with van der Waals surface area (Å²) in [7, 11) is 0. The van der Waals surface area contributed by atoms with Gasteiger partial charge >= 0.3 is 5.97 Å². The molecular formula is C7H12O3S. The van der Waals surface area contributed by atoms with Crippen LogP contribution in [0.15, 0.2) is 0 Å². The van der Waals surface area contributed by atoms with Gasteiger partial charge in [0.15, 0.2) is 0 Å². The van der Waals surface area contributed by atoms with Crippen LogP contribution in [0, 0.1) is 0 Å². The third kappa shape index (κ3) is 4.84. The molecule has 0 atom stereocenters. The highest BCUT2D eigenvalue weighted by molar-refractivity contribution is 7.81. The van der Waals surface area contributed by atoms with Gasteiger partial charge in [0, 0.05) is 0 Å². The molecule has 0 spiro atoms. The summed E-state index contributed by atoms with van der Waals surface area (Å²) >= 11 is 3.65. The third-order valence-electron chi connectivity index (χ3n) is 0.770. The molecule has 0 fully saturated rings. The normalized spacial score (nSPS) is 10.9. The Morgan fingerprint density at radius 2 is 1.82 bits per heavy atom. The number of esters is 1. The monoisotopic (exact) mass is 176 g/mol. The smallest absolute Gasteiger partial charge is 0.376 e. The van der Waals surface area contributed by atoms with Gasteiger partial charge in [-0.25, -0.2) is 4.79 Å². The Balaban J connectivity index is 3.99. The molecule has 0 radical (unpaired) electrons. The molecule has 11 heavy (non-hydrogen) atoms. The molecule has 64 valence electrons. The van der Waals surface area contributed by atoms with Gasteiger partial charge in [0.2, 0.25) is 5.78 Å². The number of Topliss-reactive ketones (excluding diaryl/α,β-unsaturated/α-hetero) is 1. The van der Waals surface area contributed by atoms with Crippen molar-refractivity contribution in [2.45, 2.75) is 26.4 Å². The predicted molar refractivity (Wildman–Crippen MR) is 44.7 cm³/mol. The first kappa shape index (κ1) is 10.5. The molecule has 0 saturated carbocycles. The minimum absolute atomic E-state index is 0.102. The lowest BCUT2D eigenvalue weighted by atomic mass is 10.2. The second-order valence-electron chi connectivity index (χ2n) is 3.08. The van der Waals surface area contributed by atoms with E-state index in [-0.39, 0.29) is 5.75 Å². The summed E-state index contributed by atoms with van der Waals surface area (Å²) in [6.45, 7) is 5.12. The average Bonchev–Trinajstić information content (AvgIpc) is 1.82. The van der Waals surface area contributed by atoms with Gasteiger partial charge < -0.3 is 4.74 Å². The van der Waals surface area contributed by atoms with E-state index >= 15 is 0 Å². The Hall–Kier alpha value is -0.510. The number of ether oxygens (including phenoxy) is 1. The molecule has 0 aliphatic rings. The molecule has 4 heteroatoms. The molecule has 0 aromatic heterocycles. The van der Waals surface area contributed by atoms with E-state index in [2.05, 4.69) is 12.6 Å². The van der Waals surface area contributed by atoms with Crippen molar-refractivity contribution >= 4 is 24.4 Å². The number of carbonyl (C=O) groups is 2. The first-order valence-electron chi connectivity index (χ1n) is 3.24. The predicted octanol–water partition coefficient (Wildman–Crippen LogP) is 0.827. The Labute approximate surface area is 71.5 Å². The minimum atomic E-state index is -0.812. The lowest BCUT2D eigenvalue weighted by Crippen LogP contribution is -2.29. The van der Waals surface area contributed by atoms with Crippen LogP contribution in [0.2, 0.25) is 0 Å². The highest BCUT2D eigenvalue weighted by Gasteiger charge is 2.20. The molecule has 0 heterocycles. The molecule has 0 aliphatic heterocycles. The van der Waals surface area contributed by atoms with Crippen LogP contribution in [0.1, 0.15) is 20.8 Å². The summed E-state index contributed by atoms with van der Waals surface area (Å²) in [5.41, 5.74) is -0.601. The van der Waals surface area contributed by atoms with Crippen LogP contribution in [0.3, 0.4) is 0 Å². The van der Waals surface area contributed by atoms with Crippen molar-refractivity contribution in [1.29, 1.82) is 0 Å². The topological polar surface area (TPSA) is 43.4 Å². The van der Waals surface area contributed by atoms with E-state index in [9.17, 15) is 9.59 Å². The number of hydrogen-bond acceptors (Lipinski definition) is 4. The average molecular weight is 176 g/mol. The molecule has 0 unspecified atom stereocenters. The van der Waals surface area contributed by atoms with Gasteiger partial charge in [-0.05, 0) is 20.8 Å². The van der Waals surface area contributed by atoms with Gasteiger partial charge in [0.25, 0.3) is 0 Å². The minimum Gasteiger partial charge on any atom is -0.454 e. The van der Waals surface area contributed by atoms with Crippen LogP contribution in [0.5, 0.6) is 0 Å². The molecule has 0 amide bonds. The van der Waals surface area contributed by atoms with Crippen molar-refractivity contribution in [2.24, 2.45) is 0 Å². The summed E-state index contributed by atoms with van der Waals surface area (Å²) in [4.78, 5) is 21.4. The van der Waals surface area contributed by atoms with Crippen molar-refractivity contribution in [1.82, 2.24) is 0 Å². The van der Waals surface area contributed by atoms with Crippen LogP contribution < -0.4 is 0 Å². The highest BCUT2D eigenvalue weighted by atomic mass is 32.1. The van der Waals surface area contributed by atoms with E-state index < -0.39 is 17.4 Å². The fourth-order valence-electron chi connectivity index (χ4n) is 0.400. The van der Waals surface area contributed by atoms with Gasteiger partial charge in [-0.2, -0.15) is 12.6 Å². The zero-order valence-corrected chi connectivity index (χ0v) is 7.77. The first-order valence-corrected chi connectivity index (χ1v) is 3.87. The molecule has 0 aromatic carbocycles. The van der Waals surface area contributed by atoms with Crippen molar-refractivity contribution in [3.63, 3.8) is 0 Å². The Morgan fingerprint density at radius 1 is 1.36 bits per heavy atom.